The summed E-state index contributed by atoms with van der Waals surface area (Å²) in [5.41, 5.74) is 1.25. The first-order valence-corrected chi connectivity index (χ1v) is 4.40. The minimum absolute atomic E-state index is 0.350. The Kier molecular flexibility index (Phi) is 2.21. The zero-order chi connectivity index (χ0) is 9.10. The molecule has 2 heteroatoms. The molecule has 1 aromatic carbocycles. The summed E-state index contributed by atoms with van der Waals surface area (Å²) in [5, 5.41) is 0. The molecule has 0 amide bonds. The Morgan fingerprint density at radius 3 is 3.00 bits per heavy atom. The number of allylic oxidation sites excluding steroid dienone is 2. The van der Waals surface area contributed by atoms with Crippen molar-refractivity contribution in [2.45, 2.75) is 13.3 Å². The van der Waals surface area contributed by atoms with E-state index in [2.05, 4.69) is 12.1 Å². The van der Waals surface area contributed by atoms with E-state index in [0.29, 0.717) is 6.79 Å². The number of benzene rings is 1. The van der Waals surface area contributed by atoms with Crippen molar-refractivity contribution in [1.82, 2.24) is 0 Å². The van der Waals surface area contributed by atoms with Crippen LogP contribution in [0.2, 0.25) is 0 Å². The van der Waals surface area contributed by atoms with Crippen molar-refractivity contribution in [3.05, 3.63) is 35.9 Å². The molecule has 0 atom stereocenters. The lowest BCUT2D eigenvalue weighted by Crippen LogP contribution is -1.92. The lowest BCUT2D eigenvalue weighted by Gasteiger charge is -1.98. The van der Waals surface area contributed by atoms with Crippen molar-refractivity contribution in [2.24, 2.45) is 0 Å². The maximum Gasteiger partial charge on any atom is 0.231 e. The second kappa shape index (κ2) is 3.52. The maximum atomic E-state index is 5.27. The summed E-state index contributed by atoms with van der Waals surface area (Å²) in [4.78, 5) is 0. The molecule has 0 aliphatic carbocycles. The summed E-state index contributed by atoms with van der Waals surface area (Å²) in [6, 6.07) is 6.05. The first kappa shape index (κ1) is 8.17. The zero-order valence-corrected chi connectivity index (χ0v) is 7.62. The van der Waals surface area contributed by atoms with Crippen LogP contribution in [-0.2, 0) is 6.42 Å². The molecule has 13 heavy (non-hydrogen) atoms. The Balaban J connectivity index is 2.20. The highest BCUT2D eigenvalue weighted by Crippen LogP contribution is 2.32. The normalized spacial score (nSPS) is 13.9. The minimum Gasteiger partial charge on any atom is -0.454 e. The molecule has 0 spiro atoms. The third-order valence-electron chi connectivity index (χ3n) is 2.03. The highest BCUT2D eigenvalue weighted by Gasteiger charge is 2.12. The number of hydrogen-bond donors (Lipinski definition) is 0. The van der Waals surface area contributed by atoms with Gasteiger partial charge in [-0.15, -0.1) is 0 Å². The van der Waals surface area contributed by atoms with Crippen LogP contribution in [0.3, 0.4) is 0 Å². The van der Waals surface area contributed by atoms with E-state index in [1.165, 1.54) is 5.56 Å². The van der Waals surface area contributed by atoms with E-state index in [-0.39, 0.29) is 0 Å². The van der Waals surface area contributed by atoms with Crippen LogP contribution in [0.4, 0.5) is 0 Å². The molecule has 0 saturated carbocycles. The summed E-state index contributed by atoms with van der Waals surface area (Å²) in [7, 11) is 0. The fraction of sp³-hybridized carbons (Fsp3) is 0.273. The summed E-state index contributed by atoms with van der Waals surface area (Å²) >= 11 is 0. The molecule has 2 nitrogen and oxygen atoms in total. The Morgan fingerprint density at radius 1 is 1.31 bits per heavy atom. The van der Waals surface area contributed by atoms with Crippen LogP contribution in [0.1, 0.15) is 12.5 Å². The predicted octanol–water partition coefficient (Wildman–Crippen LogP) is 2.53. The van der Waals surface area contributed by atoms with Crippen LogP contribution >= 0.6 is 0 Å². The van der Waals surface area contributed by atoms with Gasteiger partial charge < -0.3 is 9.47 Å². The largest absolute Gasteiger partial charge is 0.454 e. The van der Waals surface area contributed by atoms with E-state index >= 15 is 0 Å². The van der Waals surface area contributed by atoms with Crippen LogP contribution in [0.5, 0.6) is 11.5 Å². The third kappa shape index (κ3) is 1.66. The summed E-state index contributed by atoms with van der Waals surface area (Å²) in [6.07, 6.45) is 5.12. The van der Waals surface area contributed by atoms with E-state index < -0.39 is 0 Å². The second-order valence-electron chi connectivity index (χ2n) is 2.96. The first-order valence-electron chi connectivity index (χ1n) is 4.40. The van der Waals surface area contributed by atoms with E-state index in [1.54, 1.807) is 0 Å². The van der Waals surface area contributed by atoms with Gasteiger partial charge in [-0.3, -0.25) is 0 Å². The number of hydrogen-bond acceptors (Lipinski definition) is 2. The van der Waals surface area contributed by atoms with E-state index in [0.717, 1.165) is 17.9 Å². The molecule has 0 unspecified atom stereocenters. The average molecular weight is 176 g/mol. The van der Waals surface area contributed by atoms with Gasteiger partial charge in [-0.05, 0) is 31.0 Å². The van der Waals surface area contributed by atoms with Crippen molar-refractivity contribution in [2.75, 3.05) is 6.79 Å². The molecular weight excluding hydrogens is 164 g/mol. The average Bonchev–Trinajstić information content (AvgIpc) is 2.61. The van der Waals surface area contributed by atoms with Crippen LogP contribution in [-0.4, -0.2) is 6.79 Å². The molecule has 0 bridgehead atoms. The van der Waals surface area contributed by atoms with Crippen molar-refractivity contribution in [3.63, 3.8) is 0 Å². The maximum absolute atomic E-state index is 5.27. The SMILES string of the molecule is C/C=C/Cc1ccc2c(c1)OCO2. The summed E-state index contributed by atoms with van der Waals surface area (Å²) < 4.78 is 10.5. The van der Waals surface area contributed by atoms with Crippen LogP contribution < -0.4 is 9.47 Å². The predicted molar refractivity (Wildman–Crippen MR) is 51.1 cm³/mol. The molecular formula is C11H12O2. The smallest absolute Gasteiger partial charge is 0.231 e. The van der Waals surface area contributed by atoms with Gasteiger partial charge in [0.15, 0.2) is 11.5 Å². The van der Waals surface area contributed by atoms with E-state index in [4.69, 9.17) is 9.47 Å². The van der Waals surface area contributed by atoms with Crippen LogP contribution in [0, 0.1) is 0 Å². The Bertz CT molecular complexity index is 329. The molecule has 68 valence electrons. The van der Waals surface area contributed by atoms with Gasteiger partial charge in [-0.1, -0.05) is 18.2 Å². The molecule has 0 fully saturated rings. The van der Waals surface area contributed by atoms with E-state index in [1.807, 2.05) is 25.1 Å². The molecule has 0 radical (unpaired) electrons. The van der Waals surface area contributed by atoms with Crippen molar-refractivity contribution in [3.8, 4) is 11.5 Å². The number of ether oxygens (including phenoxy) is 2. The third-order valence-corrected chi connectivity index (χ3v) is 2.03. The molecule has 0 saturated heterocycles. The standard InChI is InChI=1S/C11H12O2/c1-2-3-4-9-5-6-10-11(7-9)13-8-12-10/h2-3,5-7H,4,8H2,1H3/b3-2+. The number of rotatable bonds is 2. The lowest BCUT2D eigenvalue weighted by atomic mass is 10.1. The van der Waals surface area contributed by atoms with Crippen molar-refractivity contribution >= 4 is 0 Å². The monoisotopic (exact) mass is 176 g/mol. The molecule has 1 aliphatic rings. The molecule has 1 aliphatic heterocycles. The minimum atomic E-state index is 0.350. The number of fused-ring (bicyclic) bond motifs is 1. The quantitative estimate of drug-likeness (QED) is 0.645. The Labute approximate surface area is 77.8 Å². The highest BCUT2D eigenvalue weighted by molar-refractivity contribution is 5.44. The van der Waals surface area contributed by atoms with Gasteiger partial charge >= 0.3 is 0 Å². The fourth-order valence-electron chi connectivity index (χ4n) is 1.32. The van der Waals surface area contributed by atoms with Crippen molar-refractivity contribution < 1.29 is 9.47 Å². The van der Waals surface area contributed by atoms with Gasteiger partial charge in [0.05, 0.1) is 0 Å². The van der Waals surface area contributed by atoms with Gasteiger partial charge in [0.2, 0.25) is 6.79 Å². The summed E-state index contributed by atoms with van der Waals surface area (Å²) in [5.74, 6) is 1.71. The van der Waals surface area contributed by atoms with Gasteiger partial charge in [0.25, 0.3) is 0 Å². The molecule has 0 aromatic heterocycles. The molecule has 2 rings (SSSR count). The Hall–Kier alpha value is -1.44. The zero-order valence-electron chi connectivity index (χ0n) is 7.62. The Morgan fingerprint density at radius 2 is 2.15 bits per heavy atom. The van der Waals surface area contributed by atoms with Crippen molar-refractivity contribution in [1.29, 1.82) is 0 Å². The van der Waals surface area contributed by atoms with Gasteiger partial charge in [0, 0.05) is 0 Å². The lowest BCUT2D eigenvalue weighted by molar-refractivity contribution is 0.174. The van der Waals surface area contributed by atoms with Gasteiger partial charge in [-0.25, -0.2) is 0 Å². The fourth-order valence-corrected chi connectivity index (χ4v) is 1.32. The van der Waals surface area contributed by atoms with E-state index in [9.17, 15) is 0 Å². The second-order valence-corrected chi connectivity index (χ2v) is 2.96. The first-order chi connectivity index (χ1) is 6.40. The van der Waals surface area contributed by atoms with Gasteiger partial charge in [0.1, 0.15) is 0 Å². The highest BCUT2D eigenvalue weighted by atomic mass is 16.7. The van der Waals surface area contributed by atoms with Gasteiger partial charge in [-0.2, -0.15) is 0 Å². The van der Waals surface area contributed by atoms with Crippen LogP contribution in [0.25, 0.3) is 0 Å². The van der Waals surface area contributed by atoms with Crippen LogP contribution in [0.15, 0.2) is 30.4 Å². The topological polar surface area (TPSA) is 18.5 Å². The molecule has 1 aromatic rings. The summed E-state index contributed by atoms with van der Waals surface area (Å²) in [6.45, 7) is 2.37. The molecule has 1 heterocycles. The molecule has 0 N–H and O–H groups in total.